The summed E-state index contributed by atoms with van der Waals surface area (Å²) in [7, 11) is 0. The predicted octanol–water partition coefficient (Wildman–Crippen LogP) is 3.57. The van der Waals surface area contributed by atoms with Crippen LogP contribution in [0.4, 0.5) is 5.69 Å². The first-order valence-corrected chi connectivity index (χ1v) is 8.79. The van der Waals surface area contributed by atoms with E-state index in [1.807, 2.05) is 18.2 Å². The Morgan fingerprint density at radius 1 is 1.12 bits per heavy atom. The average Bonchev–Trinajstić information content (AvgIpc) is 2.61. The normalized spacial score (nSPS) is 15.9. The van der Waals surface area contributed by atoms with Gasteiger partial charge in [-0.2, -0.15) is 0 Å². The first kappa shape index (κ1) is 17.5. The zero-order chi connectivity index (χ0) is 17.8. The summed E-state index contributed by atoms with van der Waals surface area (Å²) in [5.41, 5.74) is 1.15. The van der Waals surface area contributed by atoms with Gasteiger partial charge in [-0.05, 0) is 36.4 Å². The molecular weight excluding hydrogens is 362 g/mol. The summed E-state index contributed by atoms with van der Waals surface area (Å²) in [6, 6.07) is 13.7. The number of fused-ring (bicyclic) bond motifs is 1. The minimum atomic E-state index is -0.589. The van der Waals surface area contributed by atoms with E-state index in [1.54, 1.807) is 30.3 Å². The number of rotatable bonds is 5. The van der Waals surface area contributed by atoms with Crippen molar-refractivity contribution in [1.29, 1.82) is 0 Å². The Morgan fingerprint density at radius 2 is 1.84 bits per heavy atom. The largest absolute Gasteiger partial charge is 0.457 e. The van der Waals surface area contributed by atoms with Gasteiger partial charge in [-0.1, -0.05) is 23.7 Å². The van der Waals surface area contributed by atoms with Crippen molar-refractivity contribution >= 4 is 46.7 Å². The summed E-state index contributed by atoms with van der Waals surface area (Å²) in [5.74, 6) is -1.16. The van der Waals surface area contributed by atoms with Gasteiger partial charge in [0.05, 0.1) is 17.4 Å². The number of hydrogen-bond donors (Lipinski definition) is 1. The SMILES string of the molecule is O=C(C[C@@H]1Sc2ccccc2NC1=O)OCC(=O)c1ccc(Cl)cc1. The van der Waals surface area contributed by atoms with Crippen LogP contribution in [0.5, 0.6) is 0 Å². The van der Waals surface area contributed by atoms with E-state index in [1.165, 1.54) is 11.8 Å². The van der Waals surface area contributed by atoms with Gasteiger partial charge in [-0.3, -0.25) is 14.4 Å². The number of esters is 1. The molecular formula is C18H14ClNO4S. The van der Waals surface area contributed by atoms with Crippen molar-refractivity contribution in [1.82, 2.24) is 0 Å². The fourth-order valence-corrected chi connectivity index (χ4v) is 3.52. The standard InChI is InChI=1S/C18H14ClNO4S/c19-12-7-5-11(6-8-12)14(21)10-24-17(22)9-16-18(23)20-13-3-1-2-4-15(13)25-16/h1-8,16H,9-10H2,(H,20,23)/t16-/m0/s1. The lowest BCUT2D eigenvalue weighted by Gasteiger charge is -2.23. The van der Waals surface area contributed by atoms with Crippen molar-refractivity contribution in [2.75, 3.05) is 11.9 Å². The lowest BCUT2D eigenvalue weighted by molar-refractivity contribution is -0.143. The van der Waals surface area contributed by atoms with E-state index in [4.69, 9.17) is 16.3 Å². The van der Waals surface area contributed by atoms with Gasteiger partial charge < -0.3 is 10.1 Å². The van der Waals surface area contributed by atoms with E-state index >= 15 is 0 Å². The van der Waals surface area contributed by atoms with Crippen LogP contribution in [-0.4, -0.2) is 29.5 Å². The van der Waals surface area contributed by atoms with Crippen LogP contribution in [0.2, 0.25) is 5.02 Å². The number of amides is 1. The van der Waals surface area contributed by atoms with Gasteiger partial charge in [0.15, 0.2) is 12.4 Å². The topological polar surface area (TPSA) is 72.5 Å². The van der Waals surface area contributed by atoms with Crippen LogP contribution in [0.25, 0.3) is 0 Å². The molecule has 0 spiro atoms. The third-order valence-corrected chi connectivity index (χ3v) is 5.12. The van der Waals surface area contributed by atoms with Crippen molar-refractivity contribution in [3.8, 4) is 0 Å². The molecule has 1 N–H and O–H groups in total. The van der Waals surface area contributed by atoms with E-state index in [-0.39, 0.29) is 24.7 Å². The molecule has 25 heavy (non-hydrogen) atoms. The third kappa shape index (κ3) is 4.41. The van der Waals surface area contributed by atoms with Crippen LogP contribution < -0.4 is 5.32 Å². The molecule has 0 saturated carbocycles. The molecule has 0 aromatic heterocycles. The molecule has 0 radical (unpaired) electrons. The minimum Gasteiger partial charge on any atom is -0.457 e. The number of benzene rings is 2. The van der Waals surface area contributed by atoms with Crippen molar-refractivity contribution in [2.45, 2.75) is 16.6 Å². The average molecular weight is 376 g/mol. The van der Waals surface area contributed by atoms with Crippen molar-refractivity contribution in [3.63, 3.8) is 0 Å². The van der Waals surface area contributed by atoms with Crippen molar-refractivity contribution in [3.05, 3.63) is 59.1 Å². The van der Waals surface area contributed by atoms with E-state index in [0.29, 0.717) is 10.6 Å². The first-order valence-electron chi connectivity index (χ1n) is 7.54. The fraction of sp³-hybridized carbons (Fsp3) is 0.167. The lowest BCUT2D eigenvalue weighted by Crippen LogP contribution is -2.31. The second kappa shape index (κ2) is 7.72. The molecule has 1 aliphatic heterocycles. The molecule has 1 aliphatic rings. The molecule has 1 amide bonds. The fourth-order valence-electron chi connectivity index (χ4n) is 2.30. The second-order valence-corrected chi connectivity index (χ2v) is 7.07. The molecule has 0 bridgehead atoms. The van der Waals surface area contributed by atoms with E-state index < -0.39 is 11.2 Å². The second-order valence-electron chi connectivity index (χ2n) is 5.39. The summed E-state index contributed by atoms with van der Waals surface area (Å²) in [4.78, 5) is 36.9. The number of halogens is 1. The minimum absolute atomic E-state index is 0.0985. The number of carbonyl (C=O) groups excluding carboxylic acids is 3. The first-order chi connectivity index (χ1) is 12.0. The number of ketones is 1. The van der Waals surface area contributed by atoms with Crippen LogP contribution in [-0.2, 0) is 14.3 Å². The highest BCUT2D eigenvalue weighted by atomic mass is 35.5. The van der Waals surface area contributed by atoms with Gasteiger partial charge in [0, 0.05) is 15.5 Å². The van der Waals surface area contributed by atoms with E-state index in [9.17, 15) is 14.4 Å². The van der Waals surface area contributed by atoms with Gasteiger partial charge >= 0.3 is 5.97 Å². The number of Topliss-reactive ketones (excluding diaryl/α,β-unsaturated/α-hetero) is 1. The van der Waals surface area contributed by atoms with E-state index in [2.05, 4.69) is 5.32 Å². The highest BCUT2D eigenvalue weighted by Gasteiger charge is 2.29. The van der Waals surface area contributed by atoms with Gasteiger partial charge in [-0.15, -0.1) is 11.8 Å². The molecule has 0 saturated heterocycles. The maximum Gasteiger partial charge on any atom is 0.307 e. The quantitative estimate of drug-likeness (QED) is 0.639. The zero-order valence-corrected chi connectivity index (χ0v) is 14.6. The molecule has 2 aromatic rings. The number of nitrogens with one attached hydrogen (secondary N) is 1. The summed E-state index contributed by atoms with van der Waals surface area (Å²) in [5, 5.41) is 2.71. The molecule has 5 nitrogen and oxygen atoms in total. The Hall–Kier alpha value is -2.31. The summed E-state index contributed by atoms with van der Waals surface area (Å²) in [6.45, 7) is -0.365. The van der Waals surface area contributed by atoms with Gasteiger partial charge in [0.2, 0.25) is 5.91 Å². The zero-order valence-electron chi connectivity index (χ0n) is 13.0. The molecule has 7 heteroatoms. The summed E-state index contributed by atoms with van der Waals surface area (Å²) >= 11 is 7.08. The molecule has 2 aromatic carbocycles. The number of thioether (sulfide) groups is 1. The van der Waals surface area contributed by atoms with Gasteiger partial charge in [0.25, 0.3) is 0 Å². The molecule has 128 valence electrons. The Balaban J connectivity index is 1.53. The highest BCUT2D eigenvalue weighted by Crippen LogP contribution is 2.36. The van der Waals surface area contributed by atoms with Crippen molar-refractivity contribution < 1.29 is 19.1 Å². The molecule has 1 atom stereocenters. The molecule has 1 heterocycles. The Morgan fingerprint density at radius 3 is 2.60 bits per heavy atom. The van der Waals surface area contributed by atoms with Crippen molar-refractivity contribution in [2.24, 2.45) is 0 Å². The Bertz CT molecular complexity index is 822. The smallest absolute Gasteiger partial charge is 0.307 e. The Kier molecular flexibility index (Phi) is 5.40. The van der Waals surface area contributed by atoms with Crippen LogP contribution in [0.15, 0.2) is 53.4 Å². The Labute approximate surface area is 153 Å². The number of hydrogen-bond acceptors (Lipinski definition) is 5. The number of ether oxygens (including phenoxy) is 1. The van der Waals surface area contributed by atoms with Crippen LogP contribution in [0.3, 0.4) is 0 Å². The molecule has 0 unspecified atom stereocenters. The monoisotopic (exact) mass is 375 g/mol. The summed E-state index contributed by atoms with van der Waals surface area (Å²) in [6.07, 6.45) is -0.0985. The van der Waals surface area contributed by atoms with E-state index in [0.717, 1.165) is 10.6 Å². The summed E-state index contributed by atoms with van der Waals surface area (Å²) < 4.78 is 5.01. The predicted molar refractivity (Wildman–Crippen MR) is 96.1 cm³/mol. The maximum atomic E-state index is 12.1. The van der Waals surface area contributed by atoms with Crippen LogP contribution in [0.1, 0.15) is 16.8 Å². The number of anilines is 1. The molecule has 0 fully saturated rings. The van der Waals surface area contributed by atoms with Crippen LogP contribution in [0, 0.1) is 0 Å². The number of para-hydroxylation sites is 1. The van der Waals surface area contributed by atoms with Gasteiger partial charge in [-0.25, -0.2) is 0 Å². The lowest BCUT2D eigenvalue weighted by atomic mass is 10.1. The van der Waals surface area contributed by atoms with Crippen LogP contribution >= 0.6 is 23.4 Å². The highest BCUT2D eigenvalue weighted by molar-refractivity contribution is 8.01. The number of carbonyl (C=O) groups is 3. The maximum absolute atomic E-state index is 12.1. The van der Waals surface area contributed by atoms with Gasteiger partial charge in [0.1, 0.15) is 0 Å². The third-order valence-electron chi connectivity index (χ3n) is 3.59. The molecule has 3 rings (SSSR count). The molecule has 0 aliphatic carbocycles.